The van der Waals surface area contributed by atoms with Gasteiger partial charge in [0.05, 0.1) is 0 Å². The molecule has 5 heteroatoms. The molecule has 0 bridgehead atoms. The molecule has 3 nitrogen and oxygen atoms in total. The number of thioether (sulfide) groups is 1. The predicted molar refractivity (Wildman–Crippen MR) is 88.6 cm³/mol. The molecule has 2 rings (SSSR count). The molecule has 1 aliphatic rings. The van der Waals surface area contributed by atoms with Crippen molar-refractivity contribution in [1.29, 1.82) is 0 Å². The maximum Gasteiger partial charge on any atom is 0.253 e. The lowest BCUT2D eigenvalue weighted by molar-refractivity contribution is 0.0709. The second-order valence-electron chi connectivity index (χ2n) is 4.99. The van der Waals surface area contributed by atoms with Crippen molar-refractivity contribution in [3.8, 4) is 0 Å². The molecular formula is C15H23ClN2OS. The smallest absolute Gasteiger partial charge is 0.253 e. The summed E-state index contributed by atoms with van der Waals surface area (Å²) in [7, 11) is 0. The van der Waals surface area contributed by atoms with E-state index in [-0.39, 0.29) is 24.4 Å². The molecule has 0 saturated carbocycles. The molecule has 1 fully saturated rings. The number of likely N-dealkylation sites (tertiary alicyclic amines) is 1. The predicted octanol–water partition coefficient (Wildman–Crippen LogP) is 2.92. The number of nitrogens with zero attached hydrogens (tertiary/aromatic N) is 1. The monoisotopic (exact) mass is 314 g/mol. The van der Waals surface area contributed by atoms with Gasteiger partial charge in [0, 0.05) is 30.4 Å². The number of piperidine rings is 1. The summed E-state index contributed by atoms with van der Waals surface area (Å²) in [5.41, 5.74) is 7.98. The number of carbonyl (C=O) groups excluding carboxylic acids is 1. The van der Waals surface area contributed by atoms with Gasteiger partial charge in [-0.05, 0) is 36.3 Å². The summed E-state index contributed by atoms with van der Waals surface area (Å²) in [6.07, 6.45) is 2.04. The summed E-state index contributed by atoms with van der Waals surface area (Å²) in [5, 5.41) is 0. The van der Waals surface area contributed by atoms with Crippen molar-refractivity contribution in [2.24, 2.45) is 5.73 Å². The summed E-state index contributed by atoms with van der Waals surface area (Å²) < 4.78 is 0. The normalized spacial score (nSPS) is 18.5. The summed E-state index contributed by atoms with van der Waals surface area (Å²) in [6, 6.07) is 8.12. The van der Waals surface area contributed by atoms with Crippen LogP contribution in [-0.2, 0) is 5.75 Å². The van der Waals surface area contributed by atoms with Crippen molar-refractivity contribution in [1.82, 2.24) is 4.90 Å². The first-order chi connectivity index (χ1) is 9.20. The van der Waals surface area contributed by atoms with Crippen LogP contribution in [0.4, 0.5) is 0 Å². The van der Waals surface area contributed by atoms with Gasteiger partial charge in [-0.3, -0.25) is 4.79 Å². The first-order valence-corrected chi connectivity index (χ1v) is 8.07. The molecule has 0 aromatic heterocycles. The molecule has 112 valence electrons. The zero-order chi connectivity index (χ0) is 13.7. The Morgan fingerprint density at radius 3 is 2.70 bits per heavy atom. The quantitative estimate of drug-likeness (QED) is 0.929. The second kappa shape index (κ2) is 8.55. The lowest BCUT2D eigenvalue weighted by atomic mass is 10.0. The molecule has 0 spiro atoms. The number of amides is 1. The Labute approximate surface area is 131 Å². The van der Waals surface area contributed by atoms with Gasteiger partial charge >= 0.3 is 0 Å². The van der Waals surface area contributed by atoms with E-state index in [9.17, 15) is 4.79 Å². The van der Waals surface area contributed by atoms with E-state index >= 15 is 0 Å². The Balaban J connectivity index is 0.00000200. The van der Waals surface area contributed by atoms with Gasteiger partial charge in [0.15, 0.2) is 0 Å². The Hall–Kier alpha value is -0.710. The Morgan fingerprint density at radius 2 is 2.10 bits per heavy atom. The van der Waals surface area contributed by atoms with Crippen molar-refractivity contribution in [3.63, 3.8) is 0 Å². The zero-order valence-electron chi connectivity index (χ0n) is 11.9. The van der Waals surface area contributed by atoms with Gasteiger partial charge in [-0.1, -0.05) is 19.1 Å². The van der Waals surface area contributed by atoms with Crippen LogP contribution in [-0.4, -0.2) is 35.7 Å². The van der Waals surface area contributed by atoms with E-state index in [4.69, 9.17) is 5.73 Å². The van der Waals surface area contributed by atoms with E-state index < -0.39 is 0 Å². The van der Waals surface area contributed by atoms with Crippen LogP contribution in [0.2, 0.25) is 0 Å². The van der Waals surface area contributed by atoms with E-state index in [0.717, 1.165) is 36.5 Å². The highest BCUT2D eigenvalue weighted by molar-refractivity contribution is 7.98. The van der Waals surface area contributed by atoms with Crippen LogP contribution in [0.25, 0.3) is 0 Å². The maximum atomic E-state index is 12.3. The first-order valence-electron chi connectivity index (χ1n) is 6.92. The molecule has 0 radical (unpaired) electrons. The maximum absolute atomic E-state index is 12.3. The van der Waals surface area contributed by atoms with E-state index in [1.807, 2.05) is 28.8 Å². The molecule has 1 aromatic rings. The van der Waals surface area contributed by atoms with Crippen LogP contribution < -0.4 is 5.73 Å². The van der Waals surface area contributed by atoms with Gasteiger partial charge in [0.2, 0.25) is 0 Å². The van der Waals surface area contributed by atoms with Crippen molar-refractivity contribution >= 4 is 30.1 Å². The highest BCUT2D eigenvalue weighted by atomic mass is 35.5. The van der Waals surface area contributed by atoms with Crippen LogP contribution in [0.3, 0.4) is 0 Å². The van der Waals surface area contributed by atoms with Crippen LogP contribution in [0.1, 0.15) is 35.7 Å². The number of nitrogens with two attached hydrogens (primary N) is 1. The largest absolute Gasteiger partial charge is 0.337 e. The summed E-state index contributed by atoms with van der Waals surface area (Å²) in [4.78, 5) is 14.2. The summed E-state index contributed by atoms with van der Waals surface area (Å²) in [5.74, 6) is 2.25. The third-order valence-electron chi connectivity index (χ3n) is 3.42. The molecule has 1 unspecified atom stereocenters. The first kappa shape index (κ1) is 17.3. The SMILES string of the molecule is CCSCc1ccc(C(=O)N2CCCC(N)C2)cc1.Cl. The number of rotatable bonds is 4. The molecule has 1 aliphatic heterocycles. The van der Waals surface area contributed by atoms with E-state index in [1.54, 1.807) is 0 Å². The molecule has 1 heterocycles. The number of carbonyl (C=O) groups is 1. The molecule has 0 aliphatic carbocycles. The van der Waals surface area contributed by atoms with Gasteiger partial charge in [0.25, 0.3) is 5.91 Å². The van der Waals surface area contributed by atoms with Crippen LogP contribution in [0.15, 0.2) is 24.3 Å². The van der Waals surface area contributed by atoms with E-state index in [2.05, 4.69) is 19.1 Å². The highest BCUT2D eigenvalue weighted by Crippen LogP contribution is 2.16. The van der Waals surface area contributed by atoms with Gasteiger partial charge < -0.3 is 10.6 Å². The third kappa shape index (κ3) is 4.69. The summed E-state index contributed by atoms with van der Waals surface area (Å²) in [6.45, 7) is 3.67. The molecule has 1 saturated heterocycles. The fourth-order valence-corrected chi connectivity index (χ4v) is 2.97. The molecule has 1 amide bonds. The lowest BCUT2D eigenvalue weighted by Crippen LogP contribution is -2.45. The Morgan fingerprint density at radius 1 is 1.40 bits per heavy atom. The Kier molecular flexibility index (Phi) is 7.41. The van der Waals surface area contributed by atoms with Crippen LogP contribution >= 0.6 is 24.2 Å². The lowest BCUT2D eigenvalue weighted by Gasteiger charge is -2.30. The number of hydrogen-bond donors (Lipinski definition) is 1. The standard InChI is InChI=1S/C15H22N2OS.ClH/c1-2-19-11-12-5-7-13(8-6-12)15(18)17-9-3-4-14(16)10-17;/h5-8,14H,2-4,9-11,16H2,1H3;1H. The minimum atomic E-state index is 0. The minimum absolute atomic E-state index is 0. The average Bonchev–Trinajstić information content (AvgIpc) is 2.45. The minimum Gasteiger partial charge on any atom is -0.337 e. The fourth-order valence-electron chi connectivity index (χ4n) is 2.34. The second-order valence-corrected chi connectivity index (χ2v) is 6.26. The average molecular weight is 315 g/mol. The molecule has 1 atom stereocenters. The fraction of sp³-hybridized carbons (Fsp3) is 0.533. The topological polar surface area (TPSA) is 46.3 Å². The molecule has 2 N–H and O–H groups in total. The van der Waals surface area contributed by atoms with Crippen molar-refractivity contribution in [2.45, 2.75) is 31.6 Å². The van der Waals surface area contributed by atoms with Crippen LogP contribution in [0.5, 0.6) is 0 Å². The van der Waals surface area contributed by atoms with Gasteiger partial charge in [-0.25, -0.2) is 0 Å². The number of benzene rings is 1. The van der Waals surface area contributed by atoms with Gasteiger partial charge in [-0.2, -0.15) is 11.8 Å². The third-order valence-corrected chi connectivity index (χ3v) is 4.36. The van der Waals surface area contributed by atoms with E-state index in [0.29, 0.717) is 6.54 Å². The molecular weight excluding hydrogens is 292 g/mol. The van der Waals surface area contributed by atoms with Crippen molar-refractivity contribution < 1.29 is 4.79 Å². The summed E-state index contributed by atoms with van der Waals surface area (Å²) >= 11 is 1.89. The van der Waals surface area contributed by atoms with Gasteiger partial charge in [-0.15, -0.1) is 12.4 Å². The Bertz CT molecular complexity index is 424. The van der Waals surface area contributed by atoms with Crippen LogP contribution in [0, 0.1) is 0 Å². The highest BCUT2D eigenvalue weighted by Gasteiger charge is 2.22. The van der Waals surface area contributed by atoms with Crippen molar-refractivity contribution in [3.05, 3.63) is 35.4 Å². The number of hydrogen-bond acceptors (Lipinski definition) is 3. The number of halogens is 1. The van der Waals surface area contributed by atoms with Gasteiger partial charge in [0.1, 0.15) is 0 Å². The van der Waals surface area contributed by atoms with E-state index in [1.165, 1.54) is 5.56 Å². The molecule has 1 aromatic carbocycles. The molecule has 20 heavy (non-hydrogen) atoms. The van der Waals surface area contributed by atoms with Crippen molar-refractivity contribution in [2.75, 3.05) is 18.8 Å². The zero-order valence-corrected chi connectivity index (χ0v) is 13.5.